The van der Waals surface area contributed by atoms with Crippen molar-refractivity contribution in [2.45, 2.75) is 25.8 Å². The van der Waals surface area contributed by atoms with E-state index in [1.165, 1.54) is 11.1 Å². The maximum atomic E-state index is 5.68. The third-order valence-corrected chi connectivity index (χ3v) is 3.05. The van der Waals surface area contributed by atoms with E-state index >= 15 is 0 Å². The molecule has 4 nitrogen and oxygen atoms in total. The van der Waals surface area contributed by atoms with E-state index in [-0.39, 0.29) is 6.04 Å². The Hall–Kier alpha value is -1.65. The summed E-state index contributed by atoms with van der Waals surface area (Å²) in [5.74, 6) is 5.68. The Kier molecular flexibility index (Phi) is 4.12. The van der Waals surface area contributed by atoms with Gasteiger partial charge in [0, 0.05) is 18.8 Å². The van der Waals surface area contributed by atoms with E-state index < -0.39 is 0 Å². The highest BCUT2D eigenvalue weighted by Crippen LogP contribution is 2.22. The maximum Gasteiger partial charge on any atom is 0.0740 e. The summed E-state index contributed by atoms with van der Waals surface area (Å²) in [6, 6.07) is 8.54. The maximum absolute atomic E-state index is 5.68. The van der Waals surface area contributed by atoms with Crippen LogP contribution in [-0.2, 0) is 13.5 Å². The lowest BCUT2D eigenvalue weighted by molar-refractivity contribution is 0.635. The highest BCUT2D eigenvalue weighted by Gasteiger charge is 2.14. The Bertz CT molecular complexity index is 504. The summed E-state index contributed by atoms with van der Waals surface area (Å²) in [6.07, 6.45) is 6.07. The molecule has 0 fully saturated rings. The summed E-state index contributed by atoms with van der Waals surface area (Å²) in [4.78, 5) is 0. The molecule has 0 bridgehead atoms. The van der Waals surface area contributed by atoms with Crippen LogP contribution >= 0.6 is 0 Å². The van der Waals surface area contributed by atoms with Gasteiger partial charge < -0.3 is 0 Å². The van der Waals surface area contributed by atoms with E-state index in [9.17, 15) is 0 Å². The average Bonchev–Trinajstić information content (AvgIpc) is 2.78. The average molecular weight is 244 g/mol. The molecule has 18 heavy (non-hydrogen) atoms. The van der Waals surface area contributed by atoms with Crippen molar-refractivity contribution in [3.05, 3.63) is 53.3 Å². The second-order valence-corrected chi connectivity index (χ2v) is 4.54. The third-order valence-electron chi connectivity index (χ3n) is 3.05. The first-order valence-corrected chi connectivity index (χ1v) is 6.28. The van der Waals surface area contributed by atoms with Gasteiger partial charge in [-0.3, -0.25) is 10.5 Å². The van der Waals surface area contributed by atoms with E-state index in [1.807, 2.05) is 19.4 Å². The minimum atomic E-state index is -0.00416. The first kappa shape index (κ1) is 12.8. The van der Waals surface area contributed by atoms with E-state index in [2.05, 4.69) is 41.7 Å². The zero-order valence-electron chi connectivity index (χ0n) is 10.9. The predicted molar refractivity (Wildman–Crippen MR) is 72.8 cm³/mol. The molecule has 1 atom stereocenters. The van der Waals surface area contributed by atoms with Crippen LogP contribution in [0.5, 0.6) is 0 Å². The molecule has 0 aliphatic rings. The van der Waals surface area contributed by atoms with Crippen LogP contribution in [0.4, 0.5) is 0 Å². The van der Waals surface area contributed by atoms with Crippen molar-refractivity contribution in [3.8, 4) is 0 Å². The van der Waals surface area contributed by atoms with Crippen molar-refractivity contribution < 1.29 is 0 Å². The van der Waals surface area contributed by atoms with Crippen molar-refractivity contribution in [2.24, 2.45) is 12.9 Å². The van der Waals surface area contributed by atoms with Crippen molar-refractivity contribution in [3.63, 3.8) is 0 Å². The smallest absolute Gasteiger partial charge is 0.0740 e. The summed E-state index contributed by atoms with van der Waals surface area (Å²) >= 11 is 0. The molecule has 96 valence electrons. The second kappa shape index (κ2) is 5.80. The molecule has 4 heteroatoms. The number of rotatable bonds is 5. The van der Waals surface area contributed by atoms with Crippen LogP contribution in [0, 0.1) is 0 Å². The van der Waals surface area contributed by atoms with Gasteiger partial charge in [0.1, 0.15) is 0 Å². The normalized spacial score (nSPS) is 12.6. The number of nitrogens with zero attached hydrogens (tertiary/aromatic N) is 2. The van der Waals surface area contributed by atoms with Gasteiger partial charge >= 0.3 is 0 Å². The fraction of sp³-hybridized carbons (Fsp3) is 0.357. The molecule has 2 aromatic rings. The molecule has 0 radical (unpaired) electrons. The second-order valence-electron chi connectivity index (χ2n) is 4.54. The fourth-order valence-electron chi connectivity index (χ4n) is 2.19. The molecule has 3 N–H and O–H groups in total. The van der Waals surface area contributed by atoms with Crippen LogP contribution in [-0.4, -0.2) is 9.78 Å². The van der Waals surface area contributed by atoms with E-state index in [0.29, 0.717) is 0 Å². The van der Waals surface area contributed by atoms with Gasteiger partial charge in [-0.15, -0.1) is 0 Å². The summed E-state index contributed by atoms with van der Waals surface area (Å²) in [5, 5.41) is 4.19. The van der Waals surface area contributed by atoms with Gasteiger partial charge in [-0.05, 0) is 17.5 Å². The number of nitrogens with one attached hydrogen (secondary N) is 1. The van der Waals surface area contributed by atoms with Crippen LogP contribution in [0.25, 0.3) is 0 Å². The molecule has 1 aromatic carbocycles. The monoisotopic (exact) mass is 244 g/mol. The minimum absolute atomic E-state index is 0.00416. The molecule has 1 aromatic heterocycles. The van der Waals surface area contributed by atoms with Gasteiger partial charge in [-0.2, -0.15) is 5.10 Å². The van der Waals surface area contributed by atoms with Gasteiger partial charge in [0.05, 0.1) is 12.2 Å². The summed E-state index contributed by atoms with van der Waals surface area (Å²) < 4.78 is 1.79. The molecule has 0 saturated heterocycles. The van der Waals surface area contributed by atoms with Gasteiger partial charge in [-0.25, -0.2) is 5.43 Å². The molecular weight excluding hydrogens is 224 g/mol. The molecular formula is C14H20N4. The SMILES string of the molecule is CCCc1cccc(C(NN)c2cnn(C)c2)c1. The van der Waals surface area contributed by atoms with Crippen LogP contribution in [0.1, 0.15) is 36.1 Å². The molecule has 0 amide bonds. The number of nitrogens with two attached hydrogens (primary N) is 1. The summed E-state index contributed by atoms with van der Waals surface area (Å²) in [6.45, 7) is 2.19. The van der Waals surface area contributed by atoms with Crippen LogP contribution < -0.4 is 11.3 Å². The molecule has 0 aliphatic heterocycles. The fourth-order valence-corrected chi connectivity index (χ4v) is 2.19. The molecule has 2 rings (SSSR count). The Morgan fingerprint density at radius 2 is 2.22 bits per heavy atom. The number of benzene rings is 1. The van der Waals surface area contributed by atoms with Crippen LogP contribution in [0.2, 0.25) is 0 Å². The first-order valence-electron chi connectivity index (χ1n) is 6.28. The van der Waals surface area contributed by atoms with E-state index in [0.717, 1.165) is 18.4 Å². The number of aryl methyl sites for hydroxylation is 2. The quantitative estimate of drug-likeness (QED) is 0.624. The molecule has 1 heterocycles. The highest BCUT2D eigenvalue weighted by atomic mass is 15.3. The Balaban J connectivity index is 2.29. The van der Waals surface area contributed by atoms with Gasteiger partial charge in [0.2, 0.25) is 0 Å². The predicted octanol–water partition coefficient (Wildman–Crippen LogP) is 1.93. The van der Waals surface area contributed by atoms with Crippen molar-refractivity contribution in [1.82, 2.24) is 15.2 Å². The number of hydrogen-bond donors (Lipinski definition) is 2. The van der Waals surface area contributed by atoms with Gasteiger partial charge in [0.25, 0.3) is 0 Å². The lowest BCUT2D eigenvalue weighted by Crippen LogP contribution is -2.28. The standard InChI is InChI=1S/C14H20N4/c1-3-5-11-6-4-7-12(8-11)14(17-15)13-9-16-18(2)10-13/h4,6-10,14,17H,3,5,15H2,1-2H3. The van der Waals surface area contributed by atoms with Crippen molar-refractivity contribution in [2.75, 3.05) is 0 Å². The topological polar surface area (TPSA) is 55.9 Å². The van der Waals surface area contributed by atoms with E-state index in [4.69, 9.17) is 5.84 Å². The number of hydrogen-bond acceptors (Lipinski definition) is 3. The lowest BCUT2D eigenvalue weighted by atomic mass is 9.98. The van der Waals surface area contributed by atoms with Gasteiger partial charge in [-0.1, -0.05) is 37.6 Å². The van der Waals surface area contributed by atoms with Crippen LogP contribution in [0.15, 0.2) is 36.7 Å². The van der Waals surface area contributed by atoms with Crippen LogP contribution in [0.3, 0.4) is 0 Å². The van der Waals surface area contributed by atoms with Gasteiger partial charge in [0.15, 0.2) is 0 Å². The molecule has 0 saturated carbocycles. The number of aromatic nitrogens is 2. The largest absolute Gasteiger partial charge is 0.275 e. The van der Waals surface area contributed by atoms with E-state index in [1.54, 1.807) is 4.68 Å². The zero-order valence-corrected chi connectivity index (χ0v) is 10.9. The Morgan fingerprint density at radius 1 is 1.39 bits per heavy atom. The lowest BCUT2D eigenvalue weighted by Gasteiger charge is -2.15. The number of hydrazine groups is 1. The molecule has 0 aliphatic carbocycles. The van der Waals surface area contributed by atoms with Crippen molar-refractivity contribution in [1.29, 1.82) is 0 Å². The molecule has 1 unspecified atom stereocenters. The Labute approximate surface area is 108 Å². The first-order chi connectivity index (χ1) is 8.74. The highest BCUT2D eigenvalue weighted by molar-refractivity contribution is 5.32. The zero-order chi connectivity index (χ0) is 13.0. The minimum Gasteiger partial charge on any atom is -0.275 e. The summed E-state index contributed by atoms with van der Waals surface area (Å²) in [5.41, 5.74) is 6.47. The summed E-state index contributed by atoms with van der Waals surface area (Å²) in [7, 11) is 1.91. The third kappa shape index (κ3) is 2.78. The Morgan fingerprint density at radius 3 is 2.83 bits per heavy atom. The van der Waals surface area contributed by atoms with Crippen molar-refractivity contribution >= 4 is 0 Å². The molecule has 0 spiro atoms.